The summed E-state index contributed by atoms with van der Waals surface area (Å²) < 4.78 is 0.644. The number of nitro groups is 1. The highest BCUT2D eigenvalue weighted by Crippen LogP contribution is 2.44. The molecule has 0 spiro atoms. The quantitative estimate of drug-likeness (QED) is 0.297. The molecule has 1 amide bonds. The van der Waals surface area contributed by atoms with Gasteiger partial charge in [0.25, 0.3) is 11.6 Å². The Kier molecular flexibility index (Phi) is 5.90. The van der Waals surface area contributed by atoms with Crippen LogP contribution < -0.4 is 4.90 Å². The number of hydrogen-bond donors (Lipinski definition) is 1. The fraction of sp³-hybridized carbons (Fsp3) is 0.167. The molecule has 1 N–H and O–H groups in total. The van der Waals surface area contributed by atoms with Crippen molar-refractivity contribution in [1.29, 1.82) is 0 Å². The van der Waals surface area contributed by atoms with E-state index in [0.29, 0.717) is 28.7 Å². The molecule has 0 unspecified atom stereocenters. The second-order valence-corrected chi connectivity index (χ2v) is 8.50. The Hall–Kier alpha value is -3.36. The number of fused-ring (bicyclic) bond motifs is 1. The van der Waals surface area contributed by atoms with Gasteiger partial charge in [-0.15, -0.1) is 0 Å². The average molecular weight is 495 g/mol. The number of halogens is 1. The third kappa shape index (κ3) is 3.94. The van der Waals surface area contributed by atoms with Crippen LogP contribution in [0.4, 0.5) is 11.4 Å². The Balaban J connectivity index is 1.67. The summed E-state index contributed by atoms with van der Waals surface area (Å²) in [6.07, 6.45) is -0.0295. The largest absolute Gasteiger partial charge is 0.375 e. The lowest BCUT2D eigenvalue weighted by atomic mass is 9.88. The van der Waals surface area contributed by atoms with Crippen molar-refractivity contribution in [3.05, 3.63) is 104 Å². The summed E-state index contributed by atoms with van der Waals surface area (Å²) in [6, 6.07) is 20.3. The normalized spacial score (nSPS) is 17.3. The van der Waals surface area contributed by atoms with Crippen molar-refractivity contribution in [3.63, 3.8) is 0 Å². The summed E-state index contributed by atoms with van der Waals surface area (Å²) in [6.45, 7) is 0.319. The standard InChI is InChI=1S/C24H19BrN2O5/c25-17-10-11-21-19(14-17)24(30,15-22(28)18-8-4-5-9-20(18)27(31)32)23(29)26(21)13-12-16-6-2-1-3-7-16/h1-11,14,30H,12-13,15H2/t24-/m1/s1. The number of nitro benzene ring substituents is 1. The summed E-state index contributed by atoms with van der Waals surface area (Å²) in [5.41, 5.74) is -0.759. The molecular weight excluding hydrogens is 476 g/mol. The smallest absolute Gasteiger partial charge is 0.280 e. The van der Waals surface area contributed by atoms with E-state index in [1.54, 1.807) is 18.2 Å². The predicted molar refractivity (Wildman–Crippen MR) is 123 cm³/mol. The van der Waals surface area contributed by atoms with Gasteiger partial charge in [-0.25, -0.2) is 0 Å². The summed E-state index contributed by atoms with van der Waals surface area (Å²) in [5.74, 6) is -1.29. The summed E-state index contributed by atoms with van der Waals surface area (Å²) >= 11 is 3.36. The van der Waals surface area contributed by atoms with Crippen LogP contribution in [0.2, 0.25) is 0 Å². The van der Waals surface area contributed by atoms with Crippen molar-refractivity contribution in [3.8, 4) is 0 Å². The van der Waals surface area contributed by atoms with Gasteiger partial charge in [-0.2, -0.15) is 0 Å². The van der Waals surface area contributed by atoms with Crippen LogP contribution in [0.15, 0.2) is 77.3 Å². The van der Waals surface area contributed by atoms with Crippen molar-refractivity contribution in [2.75, 3.05) is 11.4 Å². The molecule has 0 saturated carbocycles. The summed E-state index contributed by atoms with van der Waals surface area (Å²) in [4.78, 5) is 38.5. The molecule has 1 heterocycles. The second kappa shape index (κ2) is 8.64. The van der Waals surface area contributed by atoms with Crippen LogP contribution in [0.1, 0.15) is 27.9 Å². The molecule has 0 saturated heterocycles. The van der Waals surface area contributed by atoms with Crippen LogP contribution in [0.25, 0.3) is 0 Å². The Morgan fingerprint density at radius 3 is 2.47 bits per heavy atom. The number of aliphatic hydroxyl groups is 1. The number of anilines is 1. The lowest BCUT2D eigenvalue weighted by molar-refractivity contribution is -0.385. The monoisotopic (exact) mass is 494 g/mol. The molecule has 0 radical (unpaired) electrons. The molecule has 4 rings (SSSR count). The fourth-order valence-corrected chi connectivity index (χ4v) is 4.36. The highest BCUT2D eigenvalue weighted by atomic mass is 79.9. The van der Waals surface area contributed by atoms with Crippen molar-refractivity contribution in [2.45, 2.75) is 18.4 Å². The first-order valence-corrected chi connectivity index (χ1v) is 10.8. The van der Waals surface area contributed by atoms with Crippen molar-refractivity contribution < 1.29 is 19.6 Å². The maximum Gasteiger partial charge on any atom is 0.280 e. The van der Waals surface area contributed by atoms with E-state index in [9.17, 15) is 24.8 Å². The number of Topliss-reactive ketones (excluding diaryl/α,β-unsaturated/α-hetero) is 1. The average Bonchev–Trinajstić information content (AvgIpc) is 2.99. The predicted octanol–water partition coefficient (Wildman–Crippen LogP) is 4.41. The number of amides is 1. The lowest BCUT2D eigenvalue weighted by Crippen LogP contribution is -2.42. The zero-order valence-corrected chi connectivity index (χ0v) is 18.5. The first-order valence-electron chi connectivity index (χ1n) is 9.96. The topological polar surface area (TPSA) is 101 Å². The Morgan fingerprint density at radius 2 is 1.75 bits per heavy atom. The molecule has 0 aliphatic carbocycles. The molecule has 162 valence electrons. The minimum Gasteiger partial charge on any atom is -0.375 e. The van der Waals surface area contributed by atoms with E-state index < -0.39 is 28.6 Å². The van der Waals surface area contributed by atoms with E-state index in [2.05, 4.69) is 15.9 Å². The van der Waals surface area contributed by atoms with Crippen molar-refractivity contribution in [1.82, 2.24) is 0 Å². The fourth-order valence-electron chi connectivity index (χ4n) is 4.00. The van der Waals surface area contributed by atoms with Crippen LogP contribution >= 0.6 is 15.9 Å². The van der Waals surface area contributed by atoms with Crippen LogP contribution in [-0.4, -0.2) is 28.3 Å². The van der Waals surface area contributed by atoms with Crippen LogP contribution in [0, 0.1) is 10.1 Å². The number of ketones is 1. The summed E-state index contributed by atoms with van der Waals surface area (Å²) in [7, 11) is 0. The number of carbonyl (C=O) groups is 2. The van der Waals surface area contributed by atoms with Gasteiger partial charge in [0.2, 0.25) is 0 Å². The SMILES string of the molecule is O=C(C[C@]1(O)C(=O)N(CCc2ccccc2)c2ccc(Br)cc21)c1ccccc1[N+](=O)[O-]. The van der Waals surface area contributed by atoms with E-state index in [1.165, 1.54) is 29.2 Å². The lowest BCUT2D eigenvalue weighted by Gasteiger charge is -2.23. The number of hydrogen-bond acceptors (Lipinski definition) is 5. The molecule has 3 aromatic rings. The minimum atomic E-state index is -2.11. The van der Waals surface area contributed by atoms with E-state index in [1.807, 2.05) is 30.3 Å². The van der Waals surface area contributed by atoms with Crippen LogP contribution in [0.5, 0.6) is 0 Å². The Bertz CT molecular complexity index is 1210. The van der Waals surface area contributed by atoms with Gasteiger partial charge >= 0.3 is 0 Å². The van der Waals surface area contributed by atoms with Crippen molar-refractivity contribution >= 4 is 39.0 Å². The molecule has 0 fully saturated rings. The number of para-hydroxylation sites is 1. The zero-order chi connectivity index (χ0) is 22.9. The van der Waals surface area contributed by atoms with Crippen LogP contribution in [-0.2, 0) is 16.8 Å². The van der Waals surface area contributed by atoms with Gasteiger partial charge in [0.15, 0.2) is 11.4 Å². The van der Waals surface area contributed by atoms with Gasteiger partial charge < -0.3 is 10.0 Å². The minimum absolute atomic E-state index is 0.141. The van der Waals surface area contributed by atoms with Gasteiger partial charge in [-0.3, -0.25) is 19.7 Å². The first kappa shape index (κ1) is 21.9. The molecule has 0 bridgehead atoms. The molecule has 32 heavy (non-hydrogen) atoms. The van der Waals surface area contributed by atoms with Gasteiger partial charge in [-0.05, 0) is 36.2 Å². The molecular formula is C24H19BrN2O5. The van der Waals surface area contributed by atoms with Crippen LogP contribution in [0.3, 0.4) is 0 Å². The van der Waals surface area contributed by atoms with Crippen molar-refractivity contribution in [2.24, 2.45) is 0 Å². The zero-order valence-electron chi connectivity index (χ0n) is 16.9. The second-order valence-electron chi connectivity index (χ2n) is 7.59. The maximum absolute atomic E-state index is 13.4. The molecule has 1 aliphatic rings. The third-order valence-corrected chi connectivity index (χ3v) is 6.07. The van der Waals surface area contributed by atoms with E-state index in [-0.39, 0.29) is 11.3 Å². The highest BCUT2D eigenvalue weighted by Gasteiger charge is 2.51. The third-order valence-electron chi connectivity index (χ3n) is 5.58. The number of benzene rings is 3. The molecule has 7 nitrogen and oxygen atoms in total. The van der Waals surface area contributed by atoms with Gasteiger partial charge in [0.05, 0.1) is 22.6 Å². The molecule has 0 aromatic heterocycles. The van der Waals surface area contributed by atoms with Gasteiger partial charge in [0, 0.05) is 22.6 Å². The number of rotatable bonds is 7. The van der Waals surface area contributed by atoms with E-state index in [4.69, 9.17) is 0 Å². The van der Waals surface area contributed by atoms with Gasteiger partial charge in [0.1, 0.15) is 0 Å². The van der Waals surface area contributed by atoms with E-state index in [0.717, 1.165) is 5.56 Å². The Morgan fingerprint density at radius 1 is 1.06 bits per heavy atom. The van der Waals surface area contributed by atoms with E-state index >= 15 is 0 Å². The number of carbonyl (C=O) groups excluding carboxylic acids is 2. The number of nitrogens with zero attached hydrogens (tertiary/aromatic N) is 2. The highest BCUT2D eigenvalue weighted by molar-refractivity contribution is 9.10. The maximum atomic E-state index is 13.4. The summed E-state index contributed by atoms with van der Waals surface area (Å²) in [5, 5.41) is 22.8. The molecule has 1 aliphatic heterocycles. The van der Waals surface area contributed by atoms with Gasteiger partial charge in [-0.1, -0.05) is 58.4 Å². The molecule has 8 heteroatoms. The molecule has 1 atom stereocenters. The molecule has 3 aromatic carbocycles. The Labute approximate surface area is 192 Å². The first-order chi connectivity index (χ1) is 15.3.